The lowest BCUT2D eigenvalue weighted by atomic mass is 9.73. The van der Waals surface area contributed by atoms with Gasteiger partial charge in [-0.2, -0.15) is 0 Å². The van der Waals surface area contributed by atoms with E-state index in [0.29, 0.717) is 18.6 Å². The standard InChI is InChI=1S/C15H22O3/c1-4-9-15(10-5-2,14(16)17)12-7-6-8-13(11-12)18-3/h6-8,11H,4-5,9-10H2,1-3H3,(H,16,17). The fourth-order valence-electron chi connectivity index (χ4n) is 2.53. The number of hydrogen-bond acceptors (Lipinski definition) is 2. The number of benzene rings is 1. The number of carbonyl (C=O) groups is 1. The molecular weight excluding hydrogens is 228 g/mol. The molecule has 1 rings (SSSR count). The Morgan fingerprint density at radius 2 is 1.89 bits per heavy atom. The fourth-order valence-corrected chi connectivity index (χ4v) is 2.53. The molecule has 0 aliphatic rings. The van der Waals surface area contributed by atoms with E-state index in [2.05, 4.69) is 0 Å². The molecule has 3 nitrogen and oxygen atoms in total. The maximum absolute atomic E-state index is 11.8. The van der Waals surface area contributed by atoms with Crippen LogP contribution in [0.5, 0.6) is 5.75 Å². The van der Waals surface area contributed by atoms with Gasteiger partial charge in [0, 0.05) is 0 Å². The van der Waals surface area contributed by atoms with Gasteiger partial charge < -0.3 is 9.84 Å². The summed E-state index contributed by atoms with van der Waals surface area (Å²) in [5, 5.41) is 9.66. The van der Waals surface area contributed by atoms with Crippen molar-refractivity contribution in [2.75, 3.05) is 7.11 Å². The van der Waals surface area contributed by atoms with Gasteiger partial charge in [0.15, 0.2) is 0 Å². The van der Waals surface area contributed by atoms with Crippen molar-refractivity contribution < 1.29 is 14.6 Å². The maximum Gasteiger partial charge on any atom is 0.314 e. The Bertz CT molecular complexity index is 392. The van der Waals surface area contributed by atoms with Crippen LogP contribution in [-0.2, 0) is 10.2 Å². The van der Waals surface area contributed by atoms with Crippen molar-refractivity contribution in [3.8, 4) is 5.75 Å². The molecule has 3 heteroatoms. The summed E-state index contributed by atoms with van der Waals surface area (Å²) in [6.07, 6.45) is 3.01. The summed E-state index contributed by atoms with van der Waals surface area (Å²) >= 11 is 0. The first-order chi connectivity index (χ1) is 8.60. The first kappa shape index (κ1) is 14.6. The summed E-state index contributed by atoms with van der Waals surface area (Å²) in [5.74, 6) is -0.0233. The Balaban J connectivity index is 3.25. The van der Waals surface area contributed by atoms with E-state index in [9.17, 15) is 9.90 Å². The van der Waals surface area contributed by atoms with Crippen molar-refractivity contribution >= 4 is 5.97 Å². The lowest BCUT2D eigenvalue weighted by Crippen LogP contribution is -2.35. The molecule has 18 heavy (non-hydrogen) atoms. The van der Waals surface area contributed by atoms with Crippen molar-refractivity contribution in [3.05, 3.63) is 29.8 Å². The van der Waals surface area contributed by atoms with Crippen molar-refractivity contribution in [3.63, 3.8) is 0 Å². The highest BCUT2D eigenvalue weighted by Gasteiger charge is 2.38. The zero-order valence-corrected chi connectivity index (χ0v) is 11.4. The number of carboxylic acid groups (broad SMARTS) is 1. The zero-order chi connectivity index (χ0) is 13.6. The van der Waals surface area contributed by atoms with Crippen LogP contribution < -0.4 is 4.74 Å². The van der Waals surface area contributed by atoms with Crippen molar-refractivity contribution in [1.82, 2.24) is 0 Å². The molecule has 0 atom stereocenters. The van der Waals surface area contributed by atoms with E-state index in [1.54, 1.807) is 7.11 Å². The normalized spacial score (nSPS) is 11.3. The third kappa shape index (κ3) is 2.84. The second-order valence-electron chi connectivity index (χ2n) is 4.62. The molecule has 0 aliphatic carbocycles. The first-order valence-corrected chi connectivity index (χ1v) is 6.48. The van der Waals surface area contributed by atoms with Crippen molar-refractivity contribution in [2.24, 2.45) is 0 Å². The monoisotopic (exact) mass is 250 g/mol. The summed E-state index contributed by atoms with van der Waals surface area (Å²) in [6.45, 7) is 4.04. The van der Waals surface area contributed by atoms with Gasteiger partial charge in [-0.3, -0.25) is 4.79 Å². The van der Waals surface area contributed by atoms with Gasteiger partial charge in [0.1, 0.15) is 5.75 Å². The summed E-state index contributed by atoms with van der Waals surface area (Å²) in [5.41, 5.74) is 0.0657. The number of methoxy groups -OCH3 is 1. The molecule has 0 aromatic heterocycles. The van der Waals surface area contributed by atoms with E-state index in [-0.39, 0.29) is 0 Å². The van der Waals surface area contributed by atoms with Gasteiger partial charge in [-0.05, 0) is 30.5 Å². The Morgan fingerprint density at radius 3 is 2.33 bits per heavy atom. The highest BCUT2D eigenvalue weighted by Crippen LogP contribution is 2.36. The Hall–Kier alpha value is -1.51. The predicted octanol–water partition coefficient (Wildman–Crippen LogP) is 3.62. The molecule has 100 valence electrons. The number of hydrogen-bond donors (Lipinski definition) is 1. The van der Waals surface area contributed by atoms with Crippen LogP contribution in [0.4, 0.5) is 0 Å². The highest BCUT2D eigenvalue weighted by molar-refractivity contribution is 5.81. The second kappa shape index (κ2) is 6.43. The molecule has 0 radical (unpaired) electrons. The van der Waals surface area contributed by atoms with E-state index < -0.39 is 11.4 Å². The number of carboxylic acids is 1. The third-order valence-corrected chi connectivity index (χ3v) is 3.39. The van der Waals surface area contributed by atoms with Gasteiger partial charge in [0.05, 0.1) is 12.5 Å². The smallest absolute Gasteiger partial charge is 0.314 e. The Labute approximate surface area is 109 Å². The van der Waals surface area contributed by atoms with E-state index >= 15 is 0 Å². The van der Waals surface area contributed by atoms with E-state index in [4.69, 9.17) is 4.74 Å². The van der Waals surface area contributed by atoms with Crippen LogP contribution in [0.2, 0.25) is 0 Å². The summed E-state index contributed by atoms with van der Waals surface area (Å²) in [7, 11) is 1.60. The molecule has 0 fully saturated rings. The summed E-state index contributed by atoms with van der Waals surface area (Å²) < 4.78 is 5.19. The number of rotatable bonds is 7. The average Bonchev–Trinajstić information content (AvgIpc) is 2.38. The minimum absolute atomic E-state index is 0.656. The molecule has 1 N–H and O–H groups in total. The number of aliphatic carboxylic acids is 1. The van der Waals surface area contributed by atoms with Crippen molar-refractivity contribution in [2.45, 2.75) is 44.9 Å². The Kier molecular flexibility index (Phi) is 5.20. The van der Waals surface area contributed by atoms with Crippen LogP contribution in [0.15, 0.2) is 24.3 Å². The van der Waals surface area contributed by atoms with Gasteiger partial charge in [0.25, 0.3) is 0 Å². The van der Waals surface area contributed by atoms with Crippen LogP contribution in [0.25, 0.3) is 0 Å². The third-order valence-electron chi connectivity index (χ3n) is 3.39. The van der Waals surface area contributed by atoms with Crippen LogP contribution in [-0.4, -0.2) is 18.2 Å². The minimum atomic E-state index is -0.780. The molecule has 0 heterocycles. The van der Waals surface area contributed by atoms with Gasteiger partial charge >= 0.3 is 5.97 Å². The highest BCUT2D eigenvalue weighted by atomic mass is 16.5. The maximum atomic E-state index is 11.8. The van der Waals surface area contributed by atoms with Gasteiger partial charge in [-0.25, -0.2) is 0 Å². The molecule has 0 spiro atoms. The van der Waals surface area contributed by atoms with E-state index in [0.717, 1.165) is 18.4 Å². The zero-order valence-electron chi connectivity index (χ0n) is 11.4. The second-order valence-corrected chi connectivity index (χ2v) is 4.62. The SMILES string of the molecule is CCCC(CCC)(C(=O)O)c1cccc(OC)c1. The van der Waals surface area contributed by atoms with Crippen LogP contribution in [0.1, 0.15) is 45.1 Å². The van der Waals surface area contributed by atoms with Crippen LogP contribution in [0, 0.1) is 0 Å². The Morgan fingerprint density at radius 1 is 1.28 bits per heavy atom. The molecule has 0 amide bonds. The lowest BCUT2D eigenvalue weighted by molar-refractivity contribution is -0.144. The fraction of sp³-hybridized carbons (Fsp3) is 0.533. The number of ether oxygens (including phenoxy) is 1. The molecule has 0 unspecified atom stereocenters. The van der Waals surface area contributed by atoms with Gasteiger partial charge in [-0.1, -0.05) is 38.8 Å². The molecule has 0 aliphatic heterocycles. The average molecular weight is 250 g/mol. The molecule has 0 bridgehead atoms. The molecular formula is C15H22O3. The topological polar surface area (TPSA) is 46.5 Å². The van der Waals surface area contributed by atoms with Crippen LogP contribution >= 0.6 is 0 Å². The molecule has 1 aromatic carbocycles. The predicted molar refractivity (Wildman–Crippen MR) is 72.1 cm³/mol. The van der Waals surface area contributed by atoms with E-state index in [1.807, 2.05) is 38.1 Å². The van der Waals surface area contributed by atoms with Gasteiger partial charge in [-0.15, -0.1) is 0 Å². The lowest BCUT2D eigenvalue weighted by Gasteiger charge is -2.29. The molecule has 0 saturated heterocycles. The van der Waals surface area contributed by atoms with Crippen molar-refractivity contribution in [1.29, 1.82) is 0 Å². The molecule has 1 aromatic rings. The quantitative estimate of drug-likeness (QED) is 0.804. The van der Waals surface area contributed by atoms with Crippen LogP contribution in [0.3, 0.4) is 0 Å². The first-order valence-electron chi connectivity index (χ1n) is 6.48. The summed E-state index contributed by atoms with van der Waals surface area (Å²) in [4.78, 5) is 11.8. The minimum Gasteiger partial charge on any atom is -0.497 e. The van der Waals surface area contributed by atoms with E-state index in [1.165, 1.54) is 0 Å². The summed E-state index contributed by atoms with van der Waals surface area (Å²) in [6, 6.07) is 7.44. The van der Waals surface area contributed by atoms with Gasteiger partial charge in [0.2, 0.25) is 0 Å². The largest absolute Gasteiger partial charge is 0.497 e. The molecule has 0 saturated carbocycles.